The molecule has 0 aromatic carbocycles. The summed E-state index contributed by atoms with van der Waals surface area (Å²) >= 11 is 7.00. The van der Waals surface area contributed by atoms with E-state index in [-0.39, 0.29) is 23.7 Å². The number of aliphatic carboxylic acids is 1. The van der Waals surface area contributed by atoms with Gasteiger partial charge in [-0.25, -0.2) is 4.98 Å². The van der Waals surface area contributed by atoms with Gasteiger partial charge < -0.3 is 26.0 Å². The van der Waals surface area contributed by atoms with Crippen molar-refractivity contribution in [1.29, 1.82) is 0 Å². The third-order valence-electron chi connectivity index (χ3n) is 3.78. The molecule has 3 heterocycles. The zero-order chi connectivity index (χ0) is 17.3. The molecule has 128 valence electrons. The highest BCUT2D eigenvalue weighted by Gasteiger charge is 2.47. The molecule has 2 aliphatic rings. The SMILES string of the molecule is NC(Cc1c[nH]c(CC(=S)N[C@@H]2C(=O)N3C=CCS[C@@H]23)n1)C(=O)O. The topological polar surface area (TPSA) is 124 Å². The minimum Gasteiger partial charge on any atom is -0.480 e. The lowest BCUT2D eigenvalue weighted by molar-refractivity contribution is -0.141. The predicted octanol–water partition coefficient (Wildman–Crippen LogP) is -0.379. The molecule has 1 unspecified atom stereocenters. The molecule has 2 aliphatic heterocycles. The maximum Gasteiger partial charge on any atom is 0.320 e. The number of aromatic nitrogens is 2. The smallest absolute Gasteiger partial charge is 0.320 e. The number of carbonyl (C=O) groups excluding carboxylic acids is 1. The van der Waals surface area contributed by atoms with E-state index in [1.165, 1.54) is 0 Å². The largest absolute Gasteiger partial charge is 0.480 e. The predicted molar refractivity (Wildman–Crippen MR) is 93.4 cm³/mol. The first-order chi connectivity index (χ1) is 11.5. The summed E-state index contributed by atoms with van der Waals surface area (Å²) in [6.07, 6.45) is 5.90. The summed E-state index contributed by atoms with van der Waals surface area (Å²) in [7, 11) is 0. The third kappa shape index (κ3) is 3.45. The van der Waals surface area contributed by atoms with Gasteiger partial charge in [0.2, 0.25) is 0 Å². The summed E-state index contributed by atoms with van der Waals surface area (Å²) < 4.78 is 0. The van der Waals surface area contributed by atoms with E-state index in [0.29, 0.717) is 22.9 Å². The first-order valence-corrected chi connectivity index (χ1v) is 8.83. The fraction of sp³-hybridized carbons (Fsp3) is 0.429. The molecule has 3 rings (SSSR count). The normalized spacial score (nSPS) is 23.4. The zero-order valence-electron chi connectivity index (χ0n) is 12.6. The Morgan fingerprint density at radius 3 is 3.21 bits per heavy atom. The zero-order valence-corrected chi connectivity index (χ0v) is 14.3. The summed E-state index contributed by atoms with van der Waals surface area (Å²) in [6, 6.07) is -1.29. The van der Waals surface area contributed by atoms with E-state index >= 15 is 0 Å². The Morgan fingerprint density at radius 1 is 1.67 bits per heavy atom. The van der Waals surface area contributed by atoms with E-state index in [9.17, 15) is 9.59 Å². The summed E-state index contributed by atoms with van der Waals surface area (Å²) in [6.45, 7) is 0. The molecule has 3 atom stereocenters. The number of imidazole rings is 1. The quantitative estimate of drug-likeness (QED) is 0.396. The molecule has 1 saturated heterocycles. The van der Waals surface area contributed by atoms with Gasteiger partial charge in [0.25, 0.3) is 5.91 Å². The molecule has 0 bridgehead atoms. The lowest BCUT2D eigenvalue weighted by Crippen LogP contribution is -2.68. The number of rotatable bonds is 6. The fourth-order valence-electron chi connectivity index (χ4n) is 2.55. The van der Waals surface area contributed by atoms with Crippen molar-refractivity contribution in [2.45, 2.75) is 30.3 Å². The summed E-state index contributed by atoms with van der Waals surface area (Å²) in [5, 5.41) is 12.0. The van der Waals surface area contributed by atoms with Crippen molar-refractivity contribution in [2.24, 2.45) is 5.73 Å². The highest BCUT2D eigenvalue weighted by Crippen LogP contribution is 2.33. The van der Waals surface area contributed by atoms with Gasteiger partial charge in [-0.3, -0.25) is 9.59 Å². The van der Waals surface area contributed by atoms with Crippen molar-refractivity contribution in [3.05, 3.63) is 30.0 Å². The number of nitrogens with one attached hydrogen (secondary N) is 2. The molecule has 24 heavy (non-hydrogen) atoms. The van der Waals surface area contributed by atoms with Crippen LogP contribution >= 0.6 is 24.0 Å². The number of nitrogens with two attached hydrogens (primary N) is 1. The van der Waals surface area contributed by atoms with Crippen LogP contribution in [-0.4, -0.2) is 60.0 Å². The van der Waals surface area contributed by atoms with Crippen LogP contribution in [0.5, 0.6) is 0 Å². The van der Waals surface area contributed by atoms with Gasteiger partial charge in [0, 0.05) is 24.6 Å². The minimum atomic E-state index is -1.07. The average molecular weight is 367 g/mol. The molecule has 0 saturated carbocycles. The van der Waals surface area contributed by atoms with Crippen molar-refractivity contribution in [3.63, 3.8) is 0 Å². The van der Waals surface area contributed by atoms with Crippen LogP contribution in [0, 0.1) is 0 Å². The van der Waals surface area contributed by atoms with Gasteiger partial charge in [-0.1, -0.05) is 18.3 Å². The molecule has 0 aliphatic carbocycles. The van der Waals surface area contributed by atoms with Gasteiger partial charge >= 0.3 is 5.97 Å². The second-order valence-corrected chi connectivity index (χ2v) is 7.21. The maximum atomic E-state index is 12.0. The number of amides is 1. The van der Waals surface area contributed by atoms with Crippen molar-refractivity contribution in [3.8, 4) is 0 Å². The molecule has 0 spiro atoms. The number of hydrogen-bond donors (Lipinski definition) is 4. The third-order valence-corrected chi connectivity index (χ3v) is 5.27. The molecule has 1 fully saturated rings. The first-order valence-electron chi connectivity index (χ1n) is 7.37. The Hall–Kier alpha value is -1.91. The van der Waals surface area contributed by atoms with Crippen molar-refractivity contribution < 1.29 is 14.7 Å². The van der Waals surface area contributed by atoms with Gasteiger partial charge in [-0.05, 0) is 0 Å². The summed E-state index contributed by atoms with van der Waals surface area (Å²) in [5.41, 5.74) is 6.06. The second-order valence-electron chi connectivity index (χ2n) is 5.56. The highest BCUT2D eigenvalue weighted by atomic mass is 32.2. The number of hydrogen-bond acceptors (Lipinski definition) is 6. The van der Waals surface area contributed by atoms with E-state index in [4.69, 9.17) is 23.1 Å². The van der Waals surface area contributed by atoms with E-state index < -0.39 is 12.0 Å². The van der Waals surface area contributed by atoms with Crippen LogP contribution in [0.3, 0.4) is 0 Å². The monoisotopic (exact) mass is 367 g/mol. The molecular weight excluding hydrogens is 350 g/mol. The van der Waals surface area contributed by atoms with E-state index in [2.05, 4.69) is 15.3 Å². The minimum absolute atomic E-state index is 0.0124. The molecular formula is C14H17N5O3S2. The second kappa shape index (κ2) is 6.91. The molecule has 8 nitrogen and oxygen atoms in total. The number of carboxylic acid groups (broad SMARTS) is 1. The Balaban J connectivity index is 1.52. The lowest BCUT2D eigenvalue weighted by Gasteiger charge is -2.46. The first kappa shape index (κ1) is 16.9. The van der Waals surface area contributed by atoms with E-state index in [0.717, 1.165) is 5.75 Å². The maximum absolute atomic E-state index is 12.0. The van der Waals surface area contributed by atoms with Crippen LogP contribution < -0.4 is 11.1 Å². The van der Waals surface area contributed by atoms with Gasteiger partial charge in [-0.2, -0.15) is 0 Å². The van der Waals surface area contributed by atoms with Crippen LogP contribution in [0.25, 0.3) is 0 Å². The number of β-lactam (4-membered cyclic amide) rings is 1. The summed E-state index contributed by atoms with van der Waals surface area (Å²) in [4.78, 5) is 32.2. The van der Waals surface area contributed by atoms with Crippen LogP contribution in [0.15, 0.2) is 18.5 Å². The number of aromatic amines is 1. The van der Waals surface area contributed by atoms with E-state index in [1.54, 1.807) is 22.9 Å². The molecule has 1 aromatic heterocycles. The molecule has 1 amide bonds. The fourth-order valence-corrected chi connectivity index (χ4v) is 3.92. The van der Waals surface area contributed by atoms with Gasteiger partial charge in [0.1, 0.15) is 23.3 Å². The van der Waals surface area contributed by atoms with Crippen LogP contribution in [0.4, 0.5) is 0 Å². The number of carbonyl (C=O) groups is 2. The standard InChI is InChI=1S/C14H17N5O3S2/c15-8(14(21)22)4-7-6-16-9(17-7)5-10(23)18-11-12(20)19-2-1-3-24-13(11)19/h1-2,6,8,11,13H,3-5,15H2,(H,16,17)(H,18,23)(H,21,22)/t8?,11-,13+/m1/s1. The van der Waals surface area contributed by atoms with Gasteiger partial charge in [0.15, 0.2) is 0 Å². The number of thioether (sulfide) groups is 1. The number of thiocarbonyl (C=S) groups is 1. The molecule has 5 N–H and O–H groups in total. The Bertz CT molecular complexity index is 704. The summed E-state index contributed by atoms with van der Waals surface area (Å²) in [5.74, 6) is 0.437. The molecule has 10 heteroatoms. The van der Waals surface area contributed by atoms with Gasteiger partial charge in [0.05, 0.1) is 17.1 Å². The van der Waals surface area contributed by atoms with Gasteiger partial charge in [-0.15, -0.1) is 11.8 Å². The van der Waals surface area contributed by atoms with Crippen molar-refractivity contribution in [1.82, 2.24) is 20.2 Å². The number of nitrogens with zero attached hydrogens (tertiary/aromatic N) is 2. The van der Waals surface area contributed by atoms with Crippen molar-refractivity contribution in [2.75, 3.05) is 5.75 Å². The van der Waals surface area contributed by atoms with Crippen LogP contribution in [0.1, 0.15) is 11.5 Å². The van der Waals surface area contributed by atoms with E-state index in [1.807, 2.05) is 12.3 Å². The van der Waals surface area contributed by atoms with Crippen LogP contribution in [-0.2, 0) is 22.4 Å². The Morgan fingerprint density at radius 2 is 2.46 bits per heavy atom. The number of carboxylic acids is 1. The van der Waals surface area contributed by atoms with Crippen molar-refractivity contribution >= 4 is 40.8 Å². The van der Waals surface area contributed by atoms with Crippen LogP contribution in [0.2, 0.25) is 0 Å². The highest BCUT2D eigenvalue weighted by molar-refractivity contribution is 8.00. The molecule has 1 aromatic rings. The lowest BCUT2D eigenvalue weighted by atomic mass is 10.1. The number of fused-ring (bicyclic) bond motifs is 1. The Kier molecular flexibility index (Phi) is 4.88. The number of H-pyrrole nitrogens is 1. The average Bonchev–Trinajstić information content (AvgIpc) is 2.99. The molecule has 0 radical (unpaired) electrons. The Labute approximate surface area is 147 Å².